The van der Waals surface area contributed by atoms with Gasteiger partial charge in [0.1, 0.15) is 11.5 Å². The van der Waals surface area contributed by atoms with Crippen LogP contribution in [0.1, 0.15) is 31.5 Å². The Labute approximate surface area is 218 Å². The van der Waals surface area contributed by atoms with Gasteiger partial charge in [-0.15, -0.1) is 0 Å². The highest BCUT2D eigenvalue weighted by Crippen LogP contribution is 2.37. The lowest BCUT2D eigenvalue weighted by molar-refractivity contribution is -0.0244. The molecule has 0 radical (unpaired) electrons. The number of nitrogens with one attached hydrogen (secondary N) is 3. The van der Waals surface area contributed by atoms with Crippen molar-refractivity contribution in [3.8, 4) is 5.75 Å². The van der Waals surface area contributed by atoms with Gasteiger partial charge in [0.15, 0.2) is 16.8 Å². The Kier molecular flexibility index (Phi) is 9.53. The summed E-state index contributed by atoms with van der Waals surface area (Å²) in [5, 5.41) is 5.61. The van der Waals surface area contributed by atoms with Gasteiger partial charge in [0.05, 0.1) is 22.8 Å². The standard InChI is InChI=1S/C23H26F5N5O2S2/c1-12(2)36-20(17-7-8-30-22(32-17)31-15-9-23(27,28)11-29-10-15)14(4)35-18-6-5-16(19(24)13(18)3)33-37(34)21(25)26/h5-8,15,21,29,33H,1,9-11H2,2-4H3,(H,30,31,32)/b20-14+. The van der Waals surface area contributed by atoms with Gasteiger partial charge in [0.25, 0.3) is 5.92 Å². The maximum Gasteiger partial charge on any atom is 0.330 e. The molecule has 0 spiro atoms. The third kappa shape index (κ3) is 7.89. The van der Waals surface area contributed by atoms with Crippen LogP contribution in [-0.2, 0) is 11.0 Å². The molecule has 202 valence electrons. The number of halogens is 5. The number of aromatic nitrogens is 2. The third-order valence-corrected chi connectivity index (χ3v) is 6.90. The van der Waals surface area contributed by atoms with Crippen molar-refractivity contribution >= 4 is 39.3 Å². The zero-order valence-corrected chi connectivity index (χ0v) is 21.8. The van der Waals surface area contributed by atoms with Crippen LogP contribution in [0.5, 0.6) is 5.75 Å². The van der Waals surface area contributed by atoms with Crippen molar-refractivity contribution in [2.45, 2.75) is 44.9 Å². The Hall–Kier alpha value is -2.71. The number of piperidine rings is 1. The Balaban J connectivity index is 1.87. The second-order valence-corrected chi connectivity index (χ2v) is 10.8. The first-order valence-corrected chi connectivity index (χ1v) is 13.0. The van der Waals surface area contributed by atoms with Crippen LogP contribution < -0.4 is 20.1 Å². The first-order chi connectivity index (χ1) is 17.4. The van der Waals surface area contributed by atoms with Crippen molar-refractivity contribution in [2.75, 3.05) is 23.1 Å². The van der Waals surface area contributed by atoms with Crippen LogP contribution in [0.2, 0.25) is 0 Å². The number of thioether (sulfide) groups is 1. The third-order valence-electron chi connectivity index (χ3n) is 5.11. The molecule has 0 saturated carbocycles. The number of ether oxygens (including phenoxy) is 1. The van der Waals surface area contributed by atoms with Gasteiger partial charge < -0.3 is 15.4 Å². The number of allylic oxidation sites excluding steroid dienone is 2. The molecule has 7 nitrogen and oxygen atoms in total. The number of rotatable bonds is 10. The van der Waals surface area contributed by atoms with E-state index in [4.69, 9.17) is 4.74 Å². The summed E-state index contributed by atoms with van der Waals surface area (Å²) >= 11 is 1.24. The monoisotopic (exact) mass is 563 g/mol. The maximum atomic E-state index is 14.8. The lowest BCUT2D eigenvalue weighted by Crippen LogP contribution is -2.49. The van der Waals surface area contributed by atoms with Crippen LogP contribution in [0.4, 0.5) is 33.6 Å². The average Bonchev–Trinajstić information content (AvgIpc) is 2.81. The summed E-state index contributed by atoms with van der Waals surface area (Å²) in [6.07, 6.45) is 1.11. The molecular weight excluding hydrogens is 537 g/mol. The minimum absolute atomic E-state index is 0.00561. The average molecular weight is 564 g/mol. The van der Waals surface area contributed by atoms with Crippen molar-refractivity contribution in [1.29, 1.82) is 0 Å². The second kappa shape index (κ2) is 12.2. The molecule has 2 atom stereocenters. The van der Waals surface area contributed by atoms with Crippen molar-refractivity contribution in [3.05, 3.63) is 58.7 Å². The summed E-state index contributed by atoms with van der Waals surface area (Å²) in [4.78, 5) is 9.80. The number of hydrogen-bond acceptors (Lipinski definition) is 7. The molecule has 1 aliphatic heterocycles. The summed E-state index contributed by atoms with van der Waals surface area (Å²) in [6, 6.07) is 3.54. The molecule has 0 bridgehead atoms. The predicted octanol–water partition coefficient (Wildman–Crippen LogP) is 5.67. The molecule has 2 aromatic rings. The number of anilines is 2. The summed E-state index contributed by atoms with van der Waals surface area (Å²) in [6.45, 7) is 8.62. The molecule has 37 heavy (non-hydrogen) atoms. The van der Waals surface area contributed by atoms with Crippen molar-refractivity contribution < 1.29 is 30.9 Å². The van der Waals surface area contributed by atoms with Crippen LogP contribution in [-0.4, -0.2) is 45.0 Å². The van der Waals surface area contributed by atoms with Crippen LogP contribution in [0, 0.1) is 12.7 Å². The molecule has 2 heterocycles. The van der Waals surface area contributed by atoms with E-state index < -0.39 is 34.5 Å². The van der Waals surface area contributed by atoms with Crippen LogP contribution in [0.25, 0.3) is 4.91 Å². The van der Waals surface area contributed by atoms with Gasteiger partial charge in [0.2, 0.25) is 5.95 Å². The molecule has 1 aromatic heterocycles. The second-order valence-electron chi connectivity index (χ2n) is 8.30. The highest BCUT2D eigenvalue weighted by Gasteiger charge is 2.36. The Morgan fingerprint density at radius 2 is 2.05 bits per heavy atom. The molecule has 1 fully saturated rings. The zero-order chi connectivity index (χ0) is 27.3. The topological polar surface area (TPSA) is 88.2 Å². The van der Waals surface area contributed by atoms with E-state index in [1.54, 1.807) is 19.9 Å². The van der Waals surface area contributed by atoms with Crippen molar-refractivity contribution in [2.24, 2.45) is 0 Å². The van der Waals surface area contributed by atoms with Crippen LogP contribution >= 0.6 is 11.8 Å². The van der Waals surface area contributed by atoms with Gasteiger partial charge in [-0.3, -0.25) is 4.72 Å². The quantitative estimate of drug-likeness (QED) is 0.254. The predicted molar refractivity (Wildman–Crippen MR) is 136 cm³/mol. The fourth-order valence-electron chi connectivity index (χ4n) is 3.47. The molecule has 3 rings (SSSR count). The van der Waals surface area contributed by atoms with Gasteiger partial charge in [-0.1, -0.05) is 18.3 Å². The van der Waals surface area contributed by atoms with E-state index in [0.29, 0.717) is 27.8 Å². The Bertz CT molecular complexity index is 1210. The zero-order valence-electron chi connectivity index (χ0n) is 20.2. The van der Waals surface area contributed by atoms with Gasteiger partial charge in [-0.2, -0.15) is 8.78 Å². The van der Waals surface area contributed by atoms with E-state index in [1.807, 2.05) is 4.72 Å². The number of nitrogens with zero attached hydrogens (tertiary/aromatic N) is 2. The van der Waals surface area contributed by atoms with E-state index in [1.165, 1.54) is 30.9 Å². The van der Waals surface area contributed by atoms with Crippen molar-refractivity contribution in [3.63, 3.8) is 0 Å². The van der Waals surface area contributed by atoms with E-state index in [-0.39, 0.29) is 35.9 Å². The molecule has 2 unspecified atom stereocenters. The van der Waals surface area contributed by atoms with Gasteiger partial charge in [0, 0.05) is 30.8 Å². The summed E-state index contributed by atoms with van der Waals surface area (Å²) in [7, 11) is -2.76. The van der Waals surface area contributed by atoms with E-state index >= 15 is 0 Å². The molecular formula is C23H26F5N5O2S2. The first-order valence-electron chi connectivity index (χ1n) is 11.0. The van der Waals surface area contributed by atoms with Crippen molar-refractivity contribution in [1.82, 2.24) is 15.3 Å². The van der Waals surface area contributed by atoms with Crippen LogP contribution in [0.15, 0.2) is 41.6 Å². The van der Waals surface area contributed by atoms with E-state index in [9.17, 15) is 26.2 Å². The number of hydrogen-bond donors (Lipinski definition) is 3. The molecule has 14 heteroatoms. The largest absolute Gasteiger partial charge is 0.460 e. The van der Waals surface area contributed by atoms with Gasteiger partial charge in [-0.25, -0.2) is 27.3 Å². The SMILES string of the molecule is C=C(C)S/C(=C(\C)Oc1ccc(NS(=O)C(F)F)c(F)c1C)c1ccnc(NC2CNCC(F)(F)C2)n1. The highest BCUT2D eigenvalue weighted by atomic mass is 32.2. The lowest BCUT2D eigenvalue weighted by Gasteiger charge is -2.30. The lowest BCUT2D eigenvalue weighted by atomic mass is 10.0. The minimum Gasteiger partial charge on any atom is -0.460 e. The van der Waals surface area contributed by atoms with Gasteiger partial charge in [-0.05, 0) is 43.9 Å². The number of benzene rings is 1. The normalized spacial score (nSPS) is 18.7. The molecule has 1 aromatic carbocycles. The summed E-state index contributed by atoms with van der Waals surface area (Å²) in [5.41, 5.74) is 0.0734. The molecule has 0 amide bonds. The van der Waals surface area contributed by atoms with Crippen LogP contribution in [0.3, 0.4) is 0 Å². The maximum absolute atomic E-state index is 14.8. The fourth-order valence-corrected chi connectivity index (χ4v) is 4.69. The minimum atomic E-state index is -3.18. The first kappa shape index (κ1) is 28.9. The fraction of sp³-hybridized carbons (Fsp3) is 0.391. The molecule has 1 aliphatic rings. The molecule has 1 saturated heterocycles. The summed E-state index contributed by atoms with van der Waals surface area (Å²) in [5.74, 6) is -6.33. The Morgan fingerprint density at radius 3 is 2.70 bits per heavy atom. The number of alkyl halides is 4. The molecule has 0 aliphatic carbocycles. The van der Waals surface area contributed by atoms with Gasteiger partial charge >= 0.3 is 5.76 Å². The summed E-state index contributed by atoms with van der Waals surface area (Å²) < 4.78 is 86.6. The highest BCUT2D eigenvalue weighted by molar-refractivity contribution is 8.11. The Morgan fingerprint density at radius 1 is 1.32 bits per heavy atom. The smallest absolute Gasteiger partial charge is 0.330 e. The van der Waals surface area contributed by atoms with E-state index in [2.05, 4.69) is 27.2 Å². The molecule has 3 N–H and O–H groups in total. The van der Waals surface area contributed by atoms with E-state index in [0.717, 1.165) is 6.07 Å².